The lowest BCUT2D eigenvalue weighted by atomic mass is 10.0. The van der Waals surface area contributed by atoms with Gasteiger partial charge in [-0.2, -0.15) is 14.7 Å². The van der Waals surface area contributed by atoms with Crippen LogP contribution in [0.5, 0.6) is 11.5 Å². The number of nitrogens with zero attached hydrogens (tertiary/aromatic N) is 1. The maximum absolute atomic E-state index is 12.8. The van der Waals surface area contributed by atoms with Crippen molar-refractivity contribution < 1.29 is 33.7 Å². The Labute approximate surface area is 277 Å². The smallest absolute Gasteiger partial charge is 0.411 e. The summed E-state index contributed by atoms with van der Waals surface area (Å²) in [5, 5.41) is 2.76. The minimum atomic E-state index is -4.32. The van der Waals surface area contributed by atoms with Crippen LogP contribution in [0.2, 0.25) is 0 Å². The Morgan fingerprint density at radius 1 is 0.826 bits per heavy atom. The molecule has 46 heavy (non-hydrogen) atoms. The molecule has 1 aromatic carbocycles. The number of aromatic nitrogens is 1. The summed E-state index contributed by atoms with van der Waals surface area (Å²) < 4.78 is 11.7. The molecule has 9 nitrogen and oxygen atoms in total. The van der Waals surface area contributed by atoms with Gasteiger partial charge >= 0.3 is 7.94 Å². The van der Waals surface area contributed by atoms with Crippen molar-refractivity contribution >= 4 is 19.6 Å². The second kappa shape index (κ2) is 22.1. The maximum Gasteiger partial charge on any atom is 0.411 e. The van der Waals surface area contributed by atoms with Gasteiger partial charge in [0.2, 0.25) is 11.7 Å². The molecule has 0 saturated carbocycles. The Hall–Kier alpha value is -2.58. The van der Waals surface area contributed by atoms with Gasteiger partial charge in [0.05, 0.1) is 18.3 Å². The first-order chi connectivity index (χ1) is 22.0. The zero-order valence-electron chi connectivity index (χ0n) is 28.6. The number of aryl methyl sites for hydroxylation is 1. The molecule has 0 saturated heterocycles. The lowest BCUT2D eigenvalue weighted by Gasteiger charge is -2.18. The zero-order valence-corrected chi connectivity index (χ0v) is 29.5. The highest BCUT2D eigenvalue weighted by atomic mass is 31.2. The Bertz CT molecular complexity index is 1170. The topological polar surface area (TPSA) is 138 Å². The average molecular weight is 662 g/mol. The van der Waals surface area contributed by atoms with E-state index in [-0.39, 0.29) is 18.9 Å². The Morgan fingerprint density at radius 3 is 1.93 bits per heavy atom. The summed E-state index contributed by atoms with van der Waals surface area (Å²) in [4.78, 5) is 58.6. The summed E-state index contributed by atoms with van der Waals surface area (Å²) in [5.74, 6) is 0.555. The first-order valence-electron chi connectivity index (χ1n) is 17.2. The van der Waals surface area contributed by atoms with E-state index in [1.165, 1.54) is 64.2 Å². The molecule has 10 heteroatoms. The predicted octanol–water partition coefficient (Wildman–Crippen LogP) is 7.49. The van der Waals surface area contributed by atoms with Gasteiger partial charge < -0.3 is 14.8 Å². The molecule has 258 valence electrons. The van der Waals surface area contributed by atoms with E-state index in [1.807, 2.05) is 20.8 Å². The van der Waals surface area contributed by atoms with Crippen molar-refractivity contribution in [3.05, 3.63) is 52.8 Å². The van der Waals surface area contributed by atoms with Gasteiger partial charge in [-0.25, -0.2) is 0 Å². The van der Waals surface area contributed by atoms with Crippen LogP contribution < -0.4 is 14.8 Å². The van der Waals surface area contributed by atoms with E-state index in [4.69, 9.17) is 9.47 Å². The molecule has 0 aliphatic heterocycles. The molecule has 2 rings (SSSR count). The normalized spacial score (nSPS) is 12.2. The molecule has 1 atom stereocenters. The zero-order chi connectivity index (χ0) is 33.8. The van der Waals surface area contributed by atoms with Crippen molar-refractivity contribution in [1.29, 1.82) is 0 Å². The molecule has 0 radical (unpaired) electrons. The summed E-state index contributed by atoms with van der Waals surface area (Å²) in [7, 11) is -4.32. The number of pyridine rings is 1. The summed E-state index contributed by atoms with van der Waals surface area (Å²) in [6, 6.07) is 6.17. The van der Waals surface area contributed by atoms with Crippen LogP contribution in [0.15, 0.2) is 30.5 Å². The number of ether oxygens (including phenoxy) is 2. The molecule has 0 unspecified atom stereocenters. The van der Waals surface area contributed by atoms with Crippen LogP contribution in [0.1, 0.15) is 126 Å². The third-order valence-electron chi connectivity index (χ3n) is 8.17. The number of carbonyl (C=O) groups is 2. The quantitative estimate of drug-likeness (QED) is 0.0634. The fourth-order valence-electron chi connectivity index (χ4n) is 5.51. The minimum Gasteiger partial charge on any atom is -0.493 e. The summed E-state index contributed by atoms with van der Waals surface area (Å²) in [6.45, 7) is 8.92. The monoisotopic (exact) mass is 661 g/mol. The largest absolute Gasteiger partial charge is 0.493 e. The second-order valence-corrected chi connectivity index (χ2v) is 14.0. The van der Waals surface area contributed by atoms with Gasteiger partial charge in [-0.15, -0.1) is 0 Å². The predicted molar refractivity (Wildman–Crippen MR) is 185 cm³/mol. The SMILES string of the molecule is CCCCCCCCCCCCCCCC(=O)N[C@@H](Cc1ccc(OCc2ncc(C)c(OCC)c2C)cc1)C(=O)C[P+](O)(O)O. The third kappa shape index (κ3) is 16.3. The van der Waals surface area contributed by atoms with Crippen molar-refractivity contribution in [2.75, 3.05) is 12.8 Å². The van der Waals surface area contributed by atoms with Crippen LogP contribution >= 0.6 is 7.94 Å². The van der Waals surface area contributed by atoms with Gasteiger partial charge in [0, 0.05) is 23.7 Å². The van der Waals surface area contributed by atoms with Gasteiger partial charge in [0.25, 0.3) is 0 Å². The molecule has 0 aliphatic rings. The number of ketones is 1. The van der Waals surface area contributed by atoms with E-state index in [9.17, 15) is 24.3 Å². The van der Waals surface area contributed by atoms with Crippen LogP contribution in [0.4, 0.5) is 0 Å². The number of rotatable bonds is 25. The summed E-state index contributed by atoms with van der Waals surface area (Å²) in [5.41, 5.74) is 3.44. The Balaban J connectivity index is 1.81. The fraction of sp³-hybridized carbons (Fsp3) is 0.639. The van der Waals surface area contributed by atoms with Gasteiger partial charge in [0.1, 0.15) is 18.1 Å². The van der Waals surface area contributed by atoms with Gasteiger partial charge in [0.15, 0.2) is 6.16 Å². The van der Waals surface area contributed by atoms with E-state index < -0.39 is 25.9 Å². The molecule has 0 spiro atoms. The third-order valence-corrected chi connectivity index (χ3v) is 8.91. The van der Waals surface area contributed by atoms with E-state index in [2.05, 4.69) is 17.2 Å². The van der Waals surface area contributed by atoms with Crippen LogP contribution in [-0.4, -0.2) is 50.2 Å². The van der Waals surface area contributed by atoms with Crippen LogP contribution in [0.25, 0.3) is 0 Å². The van der Waals surface area contributed by atoms with Gasteiger partial charge in [-0.05, 0) is 51.3 Å². The van der Waals surface area contributed by atoms with Crippen LogP contribution in [0.3, 0.4) is 0 Å². The lowest BCUT2D eigenvalue weighted by Crippen LogP contribution is -2.43. The molecule has 0 aliphatic carbocycles. The lowest BCUT2D eigenvalue weighted by molar-refractivity contribution is -0.126. The average Bonchev–Trinajstić information content (AvgIpc) is 3.00. The van der Waals surface area contributed by atoms with E-state index in [1.54, 1.807) is 30.5 Å². The number of carbonyl (C=O) groups excluding carboxylic acids is 2. The van der Waals surface area contributed by atoms with Gasteiger partial charge in [-0.3, -0.25) is 14.6 Å². The van der Waals surface area contributed by atoms with E-state index in [0.717, 1.165) is 47.4 Å². The minimum absolute atomic E-state index is 0.153. The molecular weight excluding hydrogens is 603 g/mol. The standard InChI is InChI=1S/C36H57N2O7P/c1-5-7-8-9-10-11-12-13-14-15-16-17-18-19-35(40)38-32(34(39)27-46(41,42)43)24-30-20-22-31(23-21-30)45-26-33-29(4)36(44-6-2)28(3)25-37-33/h20-23,25,32,41-43H,5-19,24,26-27H2,1-4H3/p+1/t32-/m0/s1. The highest BCUT2D eigenvalue weighted by molar-refractivity contribution is 7.59. The molecule has 2 aromatic rings. The first kappa shape index (κ1) is 39.6. The number of nitrogens with one attached hydrogen (secondary N) is 1. The second-order valence-electron chi connectivity index (χ2n) is 12.3. The van der Waals surface area contributed by atoms with Crippen LogP contribution in [0, 0.1) is 13.8 Å². The number of benzene rings is 1. The molecule has 4 N–H and O–H groups in total. The first-order valence-corrected chi connectivity index (χ1v) is 19.0. The van der Waals surface area contributed by atoms with Crippen molar-refractivity contribution in [1.82, 2.24) is 10.3 Å². The van der Waals surface area contributed by atoms with Crippen molar-refractivity contribution in [2.24, 2.45) is 0 Å². The van der Waals surface area contributed by atoms with Crippen molar-refractivity contribution in [3.63, 3.8) is 0 Å². The highest BCUT2D eigenvalue weighted by Crippen LogP contribution is 2.44. The molecular formula is C36H58N2O7P+. The Morgan fingerprint density at radius 2 is 1.39 bits per heavy atom. The van der Waals surface area contributed by atoms with Crippen LogP contribution in [-0.2, 0) is 22.6 Å². The maximum atomic E-state index is 12.8. The number of unbranched alkanes of at least 4 members (excludes halogenated alkanes) is 12. The number of hydrogen-bond donors (Lipinski definition) is 4. The highest BCUT2D eigenvalue weighted by Gasteiger charge is 2.37. The van der Waals surface area contributed by atoms with Crippen molar-refractivity contribution in [3.8, 4) is 11.5 Å². The number of amides is 1. The summed E-state index contributed by atoms with van der Waals surface area (Å²) >= 11 is 0. The van der Waals surface area contributed by atoms with E-state index in [0.29, 0.717) is 18.8 Å². The molecule has 1 heterocycles. The van der Waals surface area contributed by atoms with Gasteiger partial charge in [-0.1, -0.05) is 96.1 Å². The number of hydrogen-bond acceptors (Lipinski definition) is 8. The molecule has 0 fully saturated rings. The Kier molecular flexibility index (Phi) is 19.0. The number of Topliss-reactive ketones (excluding diaryl/α,β-unsaturated/α-hetero) is 1. The molecule has 1 aromatic heterocycles. The van der Waals surface area contributed by atoms with E-state index >= 15 is 0 Å². The summed E-state index contributed by atoms with van der Waals surface area (Å²) in [6.07, 6.45) is 17.2. The molecule has 0 bridgehead atoms. The molecule has 1 amide bonds. The van der Waals surface area contributed by atoms with Crippen molar-refractivity contribution in [2.45, 2.75) is 137 Å². The fourth-order valence-corrected chi connectivity index (χ4v) is 6.15.